The monoisotopic (exact) mass is 367 g/mol. The highest BCUT2D eigenvalue weighted by Gasteiger charge is 2.11. The number of carbonyl (C=O) groups excluding carboxylic acids is 1. The molecular weight excluding hydrogens is 358 g/mol. The first kappa shape index (κ1) is 15.5. The topological polar surface area (TPSA) is 76.5 Å². The van der Waals surface area contributed by atoms with Crippen LogP contribution in [-0.2, 0) is 4.74 Å². The zero-order chi connectivity index (χ0) is 15.4. The summed E-state index contributed by atoms with van der Waals surface area (Å²) >= 11 is 4.53. The quantitative estimate of drug-likeness (QED) is 0.833. The van der Waals surface area contributed by atoms with Gasteiger partial charge in [-0.1, -0.05) is 11.8 Å². The molecule has 0 amide bonds. The molecule has 108 valence electrons. The second-order valence-corrected chi connectivity index (χ2v) is 5.92. The molecule has 1 heterocycles. The van der Waals surface area contributed by atoms with Crippen LogP contribution in [0.4, 0.5) is 0 Å². The molecule has 0 aliphatic rings. The molecule has 0 atom stereocenters. The predicted molar refractivity (Wildman–Crippen MR) is 80.8 cm³/mol. The summed E-state index contributed by atoms with van der Waals surface area (Å²) in [5, 5.41) is 9.09. The van der Waals surface area contributed by atoms with E-state index >= 15 is 0 Å². The number of esters is 1. The smallest absolute Gasteiger partial charge is 0.356 e. The van der Waals surface area contributed by atoms with Crippen molar-refractivity contribution in [2.45, 2.75) is 9.79 Å². The average molecular weight is 368 g/mol. The zero-order valence-electron chi connectivity index (χ0n) is 10.9. The summed E-state index contributed by atoms with van der Waals surface area (Å²) in [6.45, 7) is 0. The maximum Gasteiger partial charge on any atom is 0.356 e. The molecule has 5 nitrogen and oxygen atoms in total. The van der Waals surface area contributed by atoms with Gasteiger partial charge in [-0.05, 0) is 46.3 Å². The molecule has 0 saturated carbocycles. The van der Waals surface area contributed by atoms with Crippen LogP contribution < -0.4 is 0 Å². The molecule has 0 saturated heterocycles. The molecule has 0 spiro atoms. The number of benzene rings is 1. The molecule has 0 aliphatic carbocycles. The summed E-state index contributed by atoms with van der Waals surface area (Å²) < 4.78 is 5.13. The first-order chi connectivity index (χ1) is 10.0. The molecule has 1 N–H and O–H groups in total. The van der Waals surface area contributed by atoms with E-state index in [0.717, 1.165) is 9.79 Å². The van der Waals surface area contributed by atoms with E-state index in [1.807, 2.05) is 0 Å². The number of carboxylic acid groups (broad SMARTS) is 1. The largest absolute Gasteiger partial charge is 0.478 e. The molecule has 1 aromatic heterocycles. The van der Waals surface area contributed by atoms with Gasteiger partial charge in [-0.15, -0.1) is 0 Å². The van der Waals surface area contributed by atoms with E-state index in [1.165, 1.54) is 25.1 Å². The zero-order valence-corrected chi connectivity index (χ0v) is 13.3. The second kappa shape index (κ2) is 6.73. The van der Waals surface area contributed by atoms with Crippen molar-refractivity contribution in [2.75, 3.05) is 7.11 Å². The molecule has 2 rings (SSSR count). The van der Waals surface area contributed by atoms with E-state index in [2.05, 4.69) is 25.7 Å². The van der Waals surface area contributed by atoms with E-state index < -0.39 is 11.9 Å². The molecule has 7 heteroatoms. The average Bonchev–Trinajstić information content (AvgIpc) is 2.48. The molecular formula is C14H10BrNO4S. The molecule has 0 fully saturated rings. The third-order valence-corrected chi connectivity index (χ3v) is 4.20. The fourth-order valence-corrected chi connectivity index (χ4v) is 2.86. The summed E-state index contributed by atoms with van der Waals surface area (Å²) in [6.07, 6.45) is 1.51. The van der Waals surface area contributed by atoms with Crippen LogP contribution in [0.3, 0.4) is 0 Å². The van der Waals surface area contributed by atoms with Gasteiger partial charge in [0.05, 0.1) is 12.7 Å². The van der Waals surface area contributed by atoms with Crippen LogP contribution in [0.25, 0.3) is 0 Å². The summed E-state index contributed by atoms with van der Waals surface area (Å²) in [6, 6.07) is 8.36. The minimum atomic E-state index is -1.01. The predicted octanol–water partition coefficient (Wildman–Crippen LogP) is 3.48. The van der Waals surface area contributed by atoms with Gasteiger partial charge in [0.15, 0.2) is 0 Å². The van der Waals surface area contributed by atoms with Crippen LogP contribution in [0.2, 0.25) is 0 Å². The van der Waals surface area contributed by atoms with Gasteiger partial charge in [0, 0.05) is 20.5 Å². The highest BCUT2D eigenvalue weighted by atomic mass is 79.9. The molecule has 2 aromatic rings. The van der Waals surface area contributed by atoms with Gasteiger partial charge in [0.25, 0.3) is 0 Å². The lowest BCUT2D eigenvalue weighted by atomic mass is 10.2. The first-order valence-electron chi connectivity index (χ1n) is 5.76. The number of methoxy groups -OCH3 is 1. The fraction of sp³-hybridized carbons (Fsp3) is 0.0714. The van der Waals surface area contributed by atoms with Gasteiger partial charge in [-0.2, -0.15) is 0 Å². The SMILES string of the molecule is COC(=O)c1cc(Sc2ccc(Br)c(C(=O)O)c2)ccn1. The minimum Gasteiger partial charge on any atom is -0.478 e. The molecule has 0 radical (unpaired) electrons. The third-order valence-electron chi connectivity index (χ3n) is 2.53. The van der Waals surface area contributed by atoms with Crippen molar-refractivity contribution in [3.05, 3.63) is 52.3 Å². The Kier molecular flexibility index (Phi) is 4.98. The van der Waals surface area contributed by atoms with Crippen LogP contribution in [0, 0.1) is 0 Å². The number of hydrogen-bond donors (Lipinski definition) is 1. The van der Waals surface area contributed by atoms with Gasteiger partial charge in [0.2, 0.25) is 0 Å². The number of carbonyl (C=O) groups is 2. The molecule has 1 aromatic carbocycles. The van der Waals surface area contributed by atoms with E-state index in [9.17, 15) is 9.59 Å². The Labute approximate surface area is 133 Å². The van der Waals surface area contributed by atoms with Gasteiger partial charge < -0.3 is 9.84 Å². The summed E-state index contributed by atoms with van der Waals surface area (Å²) in [4.78, 5) is 28.0. The molecule has 0 bridgehead atoms. The highest BCUT2D eigenvalue weighted by Crippen LogP contribution is 2.30. The van der Waals surface area contributed by atoms with Crippen LogP contribution >= 0.6 is 27.7 Å². The Balaban J connectivity index is 2.28. The molecule has 0 aliphatic heterocycles. The van der Waals surface area contributed by atoms with Crippen LogP contribution in [-0.4, -0.2) is 29.1 Å². The number of pyridine rings is 1. The lowest BCUT2D eigenvalue weighted by molar-refractivity contribution is 0.0593. The highest BCUT2D eigenvalue weighted by molar-refractivity contribution is 9.10. The maximum absolute atomic E-state index is 11.4. The molecule has 0 unspecified atom stereocenters. The lowest BCUT2D eigenvalue weighted by Gasteiger charge is -2.05. The number of carboxylic acids is 1. The Bertz CT molecular complexity index is 705. The van der Waals surface area contributed by atoms with Crippen molar-refractivity contribution in [1.82, 2.24) is 4.98 Å². The van der Waals surface area contributed by atoms with Gasteiger partial charge >= 0.3 is 11.9 Å². The van der Waals surface area contributed by atoms with Crippen molar-refractivity contribution in [2.24, 2.45) is 0 Å². The summed E-state index contributed by atoms with van der Waals surface area (Å²) in [5.74, 6) is -1.52. The Hall–Kier alpha value is -1.86. The van der Waals surface area contributed by atoms with Crippen molar-refractivity contribution in [3.8, 4) is 0 Å². The van der Waals surface area contributed by atoms with E-state index in [-0.39, 0.29) is 11.3 Å². The van der Waals surface area contributed by atoms with Crippen molar-refractivity contribution >= 4 is 39.6 Å². The maximum atomic E-state index is 11.4. The van der Waals surface area contributed by atoms with Gasteiger partial charge in [-0.25, -0.2) is 14.6 Å². The Morgan fingerprint density at radius 2 is 1.95 bits per heavy atom. The van der Waals surface area contributed by atoms with Gasteiger partial charge in [0.1, 0.15) is 5.69 Å². The third kappa shape index (κ3) is 3.83. The van der Waals surface area contributed by atoms with E-state index in [1.54, 1.807) is 30.3 Å². The molecule has 21 heavy (non-hydrogen) atoms. The van der Waals surface area contributed by atoms with Crippen molar-refractivity contribution in [3.63, 3.8) is 0 Å². The number of aromatic nitrogens is 1. The summed E-state index contributed by atoms with van der Waals surface area (Å²) in [7, 11) is 1.29. The Morgan fingerprint density at radius 3 is 2.62 bits per heavy atom. The minimum absolute atomic E-state index is 0.183. The first-order valence-corrected chi connectivity index (χ1v) is 7.37. The van der Waals surface area contributed by atoms with Crippen LogP contribution in [0.15, 0.2) is 50.8 Å². The van der Waals surface area contributed by atoms with E-state index in [4.69, 9.17) is 5.11 Å². The lowest BCUT2D eigenvalue weighted by Crippen LogP contribution is -2.03. The van der Waals surface area contributed by atoms with Crippen molar-refractivity contribution in [1.29, 1.82) is 0 Å². The number of hydrogen-bond acceptors (Lipinski definition) is 5. The van der Waals surface area contributed by atoms with Crippen LogP contribution in [0.5, 0.6) is 0 Å². The Morgan fingerprint density at radius 1 is 1.24 bits per heavy atom. The summed E-state index contributed by atoms with van der Waals surface area (Å²) in [5.41, 5.74) is 0.389. The standard InChI is InChI=1S/C14H10BrNO4S/c1-20-14(19)12-7-9(4-5-16-12)21-8-2-3-11(15)10(6-8)13(17)18/h2-7H,1H3,(H,17,18). The van der Waals surface area contributed by atoms with E-state index in [0.29, 0.717) is 4.47 Å². The number of ether oxygens (including phenoxy) is 1. The van der Waals surface area contributed by atoms with Gasteiger partial charge in [-0.3, -0.25) is 0 Å². The number of nitrogens with zero attached hydrogens (tertiary/aromatic N) is 1. The van der Waals surface area contributed by atoms with Crippen molar-refractivity contribution < 1.29 is 19.4 Å². The fourth-order valence-electron chi connectivity index (χ4n) is 1.56. The van der Waals surface area contributed by atoms with Crippen LogP contribution in [0.1, 0.15) is 20.8 Å². The number of halogens is 1. The number of aromatic carboxylic acids is 1. The normalized spacial score (nSPS) is 10.2. The second-order valence-electron chi connectivity index (χ2n) is 3.92. The number of rotatable bonds is 4.